The number of hydrogen-bond acceptors (Lipinski definition) is 4. The Morgan fingerprint density at radius 2 is 1.71 bits per heavy atom. The molecule has 2 aromatic heterocycles. The predicted molar refractivity (Wildman–Crippen MR) is 123 cm³/mol. The average molecular weight is 437 g/mol. The summed E-state index contributed by atoms with van der Waals surface area (Å²) in [6.45, 7) is 3.15. The van der Waals surface area contributed by atoms with Crippen molar-refractivity contribution in [2.45, 2.75) is 6.54 Å². The van der Waals surface area contributed by atoms with E-state index in [4.69, 9.17) is 0 Å². The van der Waals surface area contributed by atoms with Gasteiger partial charge in [-0.3, -0.25) is 14.3 Å². The van der Waals surface area contributed by atoms with Gasteiger partial charge in [0.05, 0.1) is 11.8 Å². The lowest BCUT2D eigenvalue weighted by Gasteiger charge is -2.33. The van der Waals surface area contributed by atoms with E-state index in [0.717, 1.165) is 39.7 Å². The summed E-state index contributed by atoms with van der Waals surface area (Å²) in [5.41, 5.74) is 2.91. The Morgan fingerprint density at radius 3 is 2.48 bits per heavy atom. The molecule has 0 unspecified atom stereocenters. The van der Waals surface area contributed by atoms with Crippen LogP contribution in [-0.2, 0) is 16.6 Å². The number of hydrogen-bond donors (Lipinski definition) is 1. The molecule has 3 heterocycles. The van der Waals surface area contributed by atoms with Crippen LogP contribution in [0.2, 0.25) is 0 Å². The van der Waals surface area contributed by atoms with Gasteiger partial charge in [0.1, 0.15) is 5.82 Å². The summed E-state index contributed by atoms with van der Waals surface area (Å²) < 4.78 is 26.8. The number of aromatic amines is 1. The zero-order valence-corrected chi connectivity index (χ0v) is 18.1. The van der Waals surface area contributed by atoms with Crippen LogP contribution in [0.25, 0.3) is 27.6 Å². The molecule has 0 saturated carbocycles. The van der Waals surface area contributed by atoms with Crippen molar-refractivity contribution in [3.05, 3.63) is 76.6 Å². The molecule has 5 rings (SSSR count). The summed E-state index contributed by atoms with van der Waals surface area (Å²) in [5, 5.41) is 2.08. The molecule has 0 radical (unpaired) electrons. The van der Waals surface area contributed by atoms with E-state index in [2.05, 4.69) is 16.0 Å². The second kappa shape index (κ2) is 7.64. The third-order valence-corrected chi connectivity index (χ3v) is 7.28. The van der Waals surface area contributed by atoms with Crippen molar-refractivity contribution in [2.24, 2.45) is 0 Å². The lowest BCUT2D eigenvalue weighted by Crippen LogP contribution is -2.47. The Labute approximate surface area is 180 Å². The highest BCUT2D eigenvalue weighted by molar-refractivity contribution is 7.88. The number of H-pyrrole nitrogens is 1. The summed E-state index contributed by atoms with van der Waals surface area (Å²) >= 11 is 0. The van der Waals surface area contributed by atoms with Crippen molar-refractivity contribution in [1.82, 2.24) is 18.8 Å². The van der Waals surface area contributed by atoms with Crippen LogP contribution in [0.4, 0.5) is 0 Å². The molecule has 7 nitrogen and oxygen atoms in total. The minimum atomic E-state index is -3.14. The maximum absolute atomic E-state index is 12.7. The van der Waals surface area contributed by atoms with Crippen LogP contribution < -0.4 is 5.56 Å². The Bertz CT molecular complexity index is 1430. The molecule has 1 aliphatic rings. The Kier molecular flexibility index (Phi) is 4.92. The first-order valence-corrected chi connectivity index (χ1v) is 12.1. The Morgan fingerprint density at radius 1 is 0.935 bits per heavy atom. The molecule has 1 fully saturated rings. The highest BCUT2D eigenvalue weighted by atomic mass is 32.2. The van der Waals surface area contributed by atoms with E-state index in [1.165, 1.54) is 10.6 Å². The van der Waals surface area contributed by atoms with Crippen LogP contribution in [0.5, 0.6) is 0 Å². The second-order valence-corrected chi connectivity index (χ2v) is 10.0. The molecule has 31 heavy (non-hydrogen) atoms. The lowest BCUT2D eigenvalue weighted by atomic mass is 10.1. The van der Waals surface area contributed by atoms with Gasteiger partial charge in [-0.25, -0.2) is 8.42 Å². The maximum atomic E-state index is 12.7. The standard InChI is InChI=1S/C23H24N4O3S/c1-31(29,30)26-13-11-25(12-14-26)16-18-6-4-7-20-19(18)15-22(24-20)27-21-8-3-2-5-17(21)9-10-23(27)28/h2-10,15,24H,11-14,16H2,1H3. The molecule has 0 spiro atoms. The third-order valence-electron chi connectivity index (χ3n) is 5.98. The first-order chi connectivity index (χ1) is 14.9. The maximum Gasteiger partial charge on any atom is 0.256 e. The molecule has 1 aliphatic heterocycles. The van der Waals surface area contributed by atoms with E-state index in [0.29, 0.717) is 26.2 Å². The lowest BCUT2D eigenvalue weighted by molar-refractivity contribution is 0.182. The molecule has 160 valence electrons. The number of nitrogens with zero attached hydrogens (tertiary/aromatic N) is 3. The Hall–Kier alpha value is -2.94. The van der Waals surface area contributed by atoms with Gasteiger partial charge in [-0.1, -0.05) is 30.3 Å². The van der Waals surface area contributed by atoms with Crippen LogP contribution >= 0.6 is 0 Å². The molecule has 0 bridgehead atoms. The number of fused-ring (bicyclic) bond motifs is 2. The van der Waals surface area contributed by atoms with Gasteiger partial charge in [-0.15, -0.1) is 0 Å². The molecule has 4 aromatic rings. The molecular weight excluding hydrogens is 412 g/mol. The fraction of sp³-hybridized carbons (Fsp3) is 0.261. The van der Waals surface area contributed by atoms with Crippen LogP contribution in [0.3, 0.4) is 0 Å². The average Bonchev–Trinajstić information content (AvgIpc) is 3.18. The summed E-state index contributed by atoms with van der Waals surface area (Å²) in [7, 11) is -3.14. The summed E-state index contributed by atoms with van der Waals surface area (Å²) in [5.74, 6) is 0.742. The van der Waals surface area contributed by atoms with E-state index < -0.39 is 10.0 Å². The normalized spacial score (nSPS) is 16.3. The molecule has 2 aromatic carbocycles. The van der Waals surface area contributed by atoms with Crippen LogP contribution in [0.1, 0.15) is 5.56 Å². The number of nitrogens with one attached hydrogen (secondary N) is 1. The number of para-hydroxylation sites is 1. The van der Waals surface area contributed by atoms with Crippen LogP contribution in [0.15, 0.2) is 65.5 Å². The van der Waals surface area contributed by atoms with Crippen LogP contribution in [-0.4, -0.2) is 59.6 Å². The quantitative estimate of drug-likeness (QED) is 0.533. The first kappa shape index (κ1) is 20.0. The summed E-state index contributed by atoms with van der Waals surface area (Å²) in [4.78, 5) is 18.4. The fourth-order valence-electron chi connectivity index (χ4n) is 4.36. The second-order valence-electron chi connectivity index (χ2n) is 8.04. The van der Waals surface area contributed by atoms with E-state index in [1.807, 2.05) is 48.5 Å². The molecular formula is C23H24N4O3S. The van der Waals surface area contributed by atoms with Crippen molar-refractivity contribution in [3.8, 4) is 5.82 Å². The van der Waals surface area contributed by atoms with Gasteiger partial charge in [0.15, 0.2) is 0 Å². The number of aromatic nitrogens is 2. The molecule has 0 amide bonds. The van der Waals surface area contributed by atoms with Crippen molar-refractivity contribution < 1.29 is 8.42 Å². The fourth-order valence-corrected chi connectivity index (χ4v) is 5.18. The van der Waals surface area contributed by atoms with Gasteiger partial charge in [0, 0.05) is 49.7 Å². The predicted octanol–water partition coefficient (Wildman–Crippen LogP) is 2.55. The van der Waals surface area contributed by atoms with Crippen molar-refractivity contribution in [3.63, 3.8) is 0 Å². The van der Waals surface area contributed by atoms with E-state index in [9.17, 15) is 13.2 Å². The van der Waals surface area contributed by atoms with E-state index >= 15 is 0 Å². The van der Waals surface area contributed by atoms with Gasteiger partial charge < -0.3 is 4.98 Å². The van der Waals surface area contributed by atoms with Gasteiger partial charge in [-0.05, 0) is 35.2 Å². The summed E-state index contributed by atoms with van der Waals surface area (Å²) in [6, 6.07) is 19.4. The number of piperazine rings is 1. The third kappa shape index (κ3) is 3.78. The SMILES string of the molecule is CS(=O)(=O)N1CCN(Cc2cccc3[nH]c(-n4c(=O)ccc5ccccc54)cc23)CC1. The Balaban J connectivity index is 1.49. The number of rotatable bonds is 4. The van der Waals surface area contributed by atoms with Crippen LogP contribution in [0, 0.1) is 0 Å². The minimum Gasteiger partial charge on any atom is -0.341 e. The summed E-state index contributed by atoms with van der Waals surface area (Å²) in [6.07, 6.45) is 1.26. The van der Waals surface area contributed by atoms with E-state index in [1.54, 1.807) is 10.6 Å². The zero-order valence-electron chi connectivity index (χ0n) is 17.3. The zero-order chi connectivity index (χ0) is 21.6. The van der Waals surface area contributed by atoms with Crippen molar-refractivity contribution in [1.29, 1.82) is 0 Å². The van der Waals surface area contributed by atoms with Gasteiger partial charge in [0.2, 0.25) is 10.0 Å². The monoisotopic (exact) mass is 436 g/mol. The molecule has 1 N–H and O–H groups in total. The number of benzene rings is 2. The molecule has 0 aliphatic carbocycles. The van der Waals surface area contributed by atoms with Crippen molar-refractivity contribution >= 4 is 31.8 Å². The topological polar surface area (TPSA) is 78.4 Å². The number of pyridine rings is 1. The van der Waals surface area contributed by atoms with Gasteiger partial charge >= 0.3 is 0 Å². The minimum absolute atomic E-state index is 0.0799. The molecule has 8 heteroatoms. The van der Waals surface area contributed by atoms with Crippen molar-refractivity contribution in [2.75, 3.05) is 32.4 Å². The highest BCUT2D eigenvalue weighted by Gasteiger charge is 2.23. The van der Waals surface area contributed by atoms with Gasteiger partial charge in [0.25, 0.3) is 5.56 Å². The number of sulfonamides is 1. The largest absolute Gasteiger partial charge is 0.341 e. The first-order valence-electron chi connectivity index (χ1n) is 10.3. The molecule has 1 saturated heterocycles. The smallest absolute Gasteiger partial charge is 0.256 e. The molecule has 0 atom stereocenters. The van der Waals surface area contributed by atoms with E-state index in [-0.39, 0.29) is 5.56 Å². The highest BCUT2D eigenvalue weighted by Crippen LogP contribution is 2.25. The van der Waals surface area contributed by atoms with Gasteiger partial charge in [-0.2, -0.15) is 4.31 Å².